The molecule has 7 nitrogen and oxygen atoms in total. The third kappa shape index (κ3) is 4.91. The number of benzene rings is 1. The zero-order valence-corrected chi connectivity index (χ0v) is 17.6. The monoisotopic (exact) mass is 404 g/mol. The normalized spacial score (nSPS) is 17.1. The van der Waals surface area contributed by atoms with E-state index in [4.69, 9.17) is 4.98 Å². The largest absolute Gasteiger partial charge is 0.348 e. The highest BCUT2D eigenvalue weighted by Gasteiger charge is 2.24. The van der Waals surface area contributed by atoms with Crippen molar-refractivity contribution in [3.63, 3.8) is 0 Å². The van der Waals surface area contributed by atoms with E-state index < -0.39 is 0 Å². The van der Waals surface area contributed by atoms with Gasteiger partial charge in [0.15, 0.2) is 0 Å². The van der Waals surface area contributed by atoms with Gasteiger partial charge < -0.3 is 5.32 Å². The highest BCUT2D eigenvalue weighted by molar-refractivity contribution is 5.94. The Balaban J connectivity index is 1.38. The minimum Gasteiger partial charge on any atom is -0.348 e. The number of hydrogen-bond acceptors (Lipinski definition) is 5. The minimum atomic E-state index is -0.134. The van der Waals surface area contributed by atoms with Gasteiger partial charge in [0.05, 0.1) is 17.5 Å². The van der Waals surface area contributed by atoms with Crippen LogP contribution in [0.3, 0.4) is 0 Å². The van der Waals surface area contributed by atoms with Crippen molar-refractivity contribution in [1.82, 2.24) is 30.0 Å². The third-order valence-electron chi connectivity index (χ3n) is 5.57. The molecular formula is C23H28N6O. The molecule has 4 rings (SSSR count). The van der Waals surface area contributed by atoms with E-state index in [1.54, 1.807) is 6.20 Å². The van der Waals surface area contributed by atoms with Crippen LogP contribution in [0.25, 0.3) is 0 Å². The second-order valence-corrected chi connectivity index (χ2v) is 7.99. The Morgan fingerprint density at radius 2 is 2.03 bits per heavy atom. The van der Waals surface area contributed by atoms with Crippen molar-refractivity contribution in [3.8, 4) is 0 Å². The van der Waals surface area contributed by atoms with Gasteiger partial charge in [0, 0.05) is 50.6 Å². The first-order valence-corrected chi connectivity index (χ1v) is 10.4. The molecule has 30 heavy (non-hydrogen) atoms. The molecule has 1 amide bonds. The van der Waals surface area contributed by atoms with Crippen molar-refractivity contribution in [2.45, 2.75) is 38.8 Å². The number of carbonyl (C=O) groups is 1. The number of rotatable bonds is 6. The van der Waals surface area contributed by atoms with E-state index >= 15 is 0 Å². The van der Waals surface area contributed by atoms with Gasteiger partial charge >= 0.3 is 0 Å². The molecule has 7 heteroatoms. The standard InChI is InChI=1S/C23H28N6O/c1-17-21(23(30)25-11-18-7-4-3-5-8-18)13-24-22(27-17)20-9-6-10-29(16-20)15-19-12-26-28(2)14-19/h3-5,7-8,12-14,20H,6,9-11,15-16H2,1-2H3,(H,25,30)/t20-/m0/s1. The average molecular weight is 405 g/mol. The lowest BCUT2D eigenvalue weighted by atomic mass is 9.96. The average Bonchev–Trinajstić information content (AvgIpc) is 3.17. The summed E-state index contributed by atoms with van der Waals surface area (Å²) in [5.74, 6) is 0.989. The molecule has 1 atom stereocenters. The van der Waals surface area contributed by atoms with E-state index in [9.17, 15) is 4.79 Å². The van der Waals surface area contributed by atoms with Gasteiger partial charge in [-0.3, -0.25) is 14.4 Å². The molecule has 156 valence electrons. The molecule has 1 aliphatic rings. The van der Waals surface area contributed by atoms with E-state index in [0.29, 0.717) is 12.1 Å². The van der Waals surface area contributed by atoms with Crippen molar-refractivity contribution < 1.29 is 4.79 Å². The van der Waals surface area contributed by atoms with E-state index in [1.165, 1.54) is 5.56 Å². The second-order valence-electron chi connectivity index (χ2n) is 7.99. The summed E-state index contributed by atoms with van der Waals surface area (Å²) in [6.45, 7) is 5.27. The zero-order chi connectivity index (χ0) is 20.9. The second kappa shape index (κ2) is 9.17. The number of nitrogens with one attached hydrogen (secondary N) is 1. The molecule has 3 aromatic rings. The first-order valence-electron chi connectivity index (χ1n) is 10.4. The third-order valence-corrected chi connectivity index (χ3v) is 5.57. The molecule has 0 saturated carbocycles. The highest BCUT2D eigenvalue weighted by Crippen LogP contribution is 2.26. The molecule has 1 aromatic carbocycles. The maximum absolute atomic E-state index is 12.6. The van der Waals surface area contributed by atoms with Crippen LogP contribution in [0.4, 0.5) is 0 Å². The first-order chi connectivity index (χ1) is 14.6. The van der Waals surface area contributed by atoms with Crippen LogP contribution in [0, 0.1) is 6.92 Å². The Morgan fingerprint density at radius 1 is 1.20 bits per heavy atom. The SMILES string of the molecule is Cc1nc([C@H]2CCCN(Cc3cnn(C)c3)C2)ncc1C(=O)NCc1ccccc1. The maximum Gasteiger partial charge on any atom is 0.254 e. The van der Waals surface area contributed by atoms with Crippen LogP contribution in [0.2, 0.25) is 0 Å². The van der Waals surface area contributed by atoms with E-state index in [0.717, 1.165) is 49.6 Å². The summed E-state index contributed by atoms with van der Waals surface area (Å²) in [7, 11) is 1.94. The van der Waals surface area contributed by atoms with Crippen molar-refractivity contribution in [1.29, 1.82) is 0 Å². The lowest BCUT2D eigenvalue weighted by molar-refractivity contribution is 0.0949. The quantitative estimate of drug-likeness (QED) is 0.684. The maximum atomic E-state index is 12.6. The van der Waals surface area contributed by atoms with Gasteiger partial charge in [0.2, 0.25) is 0 Å². The van der Waals surface area contributed by atoms with Gasteiger partial charge in [-0.1, -0.05) is 30.3 Å². The first kappa shape index (κ1) is 20.2. The summed E-state index contributed by atoms with van der Waals surface area (Å²) in [4.78, 5) is 24.3. The van der Waals surface area contributed by atoms with Crippen LogP contribution >= 0.6 is 0 Å². The molecule has 0 unspecified atom stereocenters. The summed E-state index contributed by atoms with van der Waals surface area (Å²) in [5.41, 5.74) is 3.56. The van der Waals surface area contributed by atoms with Crippen LogP contribution in [0.15, 0.2) is 48.9 Å². The van der Waals surface area contributed by atoms with Gasteiger partial charge in [0.1, 0.15) is 5.82 Å². The summed E-state index contributed by atoms with van der Waals surface area (Å²) in [5, 5.41) is 7.22. The van der Waals surface area contributed by atoms with Crippen LogP contribution in [0.1, 0.15) is 51.8 Å². The molecule has 1 saturated heterocycles. The van der Waals surface area contributed by atoms with E-state index in [1.807, 2.05) is 55.2 Å². The Kier molecular flexibility index (Phi) is 6.18. The molecule has 0 aliphatic carbocycles. The van der Waals surface area contributed by atoms with E-state index in [-0.39, 0.29) is 11.8 Å². The van der Waals surface area contributed by atoms with Crippen molar-refractivity contribution in [2.24, 2.45) is 7.05 Å². The molecule has 1 fully saturated rings. The van der Waals surface area contributed by atoms with Gasteiger partial charge in [-0.2, -0.15) is 5.10 Å². The predicted molar refractivity (Wildman–Crippen MR) is 115 cm³/mol. The summed E-state index contributed by atoms with van der Waals surface area (Å²) >= 11 is 0. The van der Waals surface area contributed by atoms with Crippen molar-refractivity contribution >= 4 is 5.91 Å². The van der Waals surface area contributed by atoms with Gasteiger partial charge in [-0.05, 0) is 31.9 Å². The molecule has 1 aliphatic heterocycles. The topological polar surface area (TPSA) is 75.9 Å². The number of likely N-dealkylation sites (tertiary alicyclic amines) is 1. The Morgan fingerprint density at radius 3 is 2.77 bits per heavy atom. The van der Waals surface area contributed by atoms with Crippen molar-refractivity contribution in [2.75, 3.05) is 13.1 Å². The number of amides is 1. The number of piperidine rings is 1. The van der Waals surface area contributed by atoms with Crippen LogP contribution in [-0.4, -0.2) is 43.6 Å². The van der Waals surface area contributed by atoms with Gasteiger partial charge in [-0.15, -0.1) is 0 Å². The van der Waals surface area contributed by atoms with Gasteiger partial charge in [-0.25, -0.2) is 9.97 Å². The Bertz CT molecular complexity index is 1000. The molecule has 1 N–H and O–H groups in total. The van der Waals surface area contributed by atoms with Gasteiger partial charge in [0.25, 0.3) is 5.91 Å². The number of aryl methyl sites for hydroxylation is 2. The molecule has 0 radical (unpaired) electrons. The number of carbonyl (C=O) groups excluding carboxylic acids is 1. The number of hydrogen-bond donors (Lipinski definition) is 1. The fourth-order valence-electron chi connectivity index (χ4n) is 4.00. The Hall–Kier alpha value is -3.06. The zero-order valence-electron chi connectivity index (χ0n) is 17.6. The minimum absolute atomic E-state index is 0.134. The predicted octanol–water partition coefficient (Wildman–Crippen LogP) is 2.83. The molecule has 3 heterocycles. The lowest BCUT2D eigenvalue weighted by Crippen LogP contribution is -2.34. The number of aromatic nitrogens is 4. The van der Waals surface area contributed by atoms with Crippen LogP contribution in [0.5, 0.6) is 0 Å². The summed E-state index contributed by atoms with van der Waals surface area (Å²) in [6.07, 6.45) is 7.85. The van der Waals surface area contributed by atoms with Crippen LogP contribution in [-0.2, 0) is 20.1 Å². The van der Waals surface area contributed by atoms with Crippen molar-refractivity contribution in [3.05, 3.63) is 77.1 Å². The molecule has 0 bridgehead atoms. The fourth-order valence-corrected chi connectivity index (χ4v) is 4.00. The molecule has 0 spiro atoms. The highest BCUT2D eigenvalue weighted by atomic mass is 16.1. The Labute approximate surface area is 177 Å². The summed E-state index contributed by atoms with van der Waals surface area (Å²) < 4.78 is 1.84. The number of nitrogens with zero attached hydrogens (tertiary/aromatic N) is 5. The molecular weight excluding hydrogens is 376 g/mol. The molecule has 2 aromatic heterocycles. The smallest absolute Gasteiger partial charge is 0.254 e. The summed E-state index contributed by atoms with van der Waals surface area (Å²) in [6, 6.07) is 9.88. The van der Waals surface area contributed by atoms with Crippen LogP contribution < -0.4 is 5.32 Å². The lowest BCUT2D eigenvalue weighted by Gasteiger charge is -2.31. The fraction of sp³-hybridized carbons (Fsp3) is 0.391. The van der Waals surface area contributed by atoms with E-state index in [2.05, 4.69) is 26.5 Å².